The second-order valence-electron chi connectivity index (χ2n) is 5.62. The molecule has 0 saturated carbocycles. The molecule has 0 saturated heterocycles. The number of benzene rings is 2. The fourth-order valence-electron chi connectivity index (χ4n) is 2.58. The maximum atomic E-state index is 12.2. The first kappa shape index (κ1) is 16.6. The molecule has 2 heterocycles. The van der Waals surface area contributed by atoms with Gasteiger partial charge in [0.1, 0.15) is 5.75 Å². The van der Waals surface area contributed by atoms with Crippen molar-refractivity contribution in [2.24, 2.45) is 4.99 Å². The van der Waals surface area contributed by atoms with E-state index in [2.05, 4.69) is 4.99 Å². The van der Waals surface area contributed by atoms with Gasteiger partial charge in [-0.2, -0.15) is 0 Å². The molecule has 4 rings (SSSR count). The Morgan fingerprint density at radius 3 is 2.85 bits per heavy atom. The summed E-state index contributed by atoms with van der Waals surface area (Å²) in [6.45, 7) is -0.348. The zero-order valence-electron chi connectivity index (χ0n) is 13.9. The molecule has 0 fully saturated rings. The van der Waals surface area contributed by atoms with Gasteiger partial charge in [0.25, 0.3) is 0 Å². The molecule has 27 heavy (non-hydrogen) atoms. The van der Waals surface area contributed by atoms with Gasteiger partial charge >= 0.3 is 11.9 Å². The van der Waals surface area contributed by atoms with E-state index < -0.39 is 18.5 Å². The van der Waals surface area contributed by atoms with Gasteiger partial charge in [0.2, 0.25) is 12.7 Å². The minimum atomic E-state index is -1.10. The number of nitrogens with zero attached hydrogens (tertiary/aromatic N) is 1. The molecule has 0 radical (unpaired) electrons. The molecule has 2 aromatic rings. The maximum Gasteiger partial charge on any atom is 0.363 e. The van der Waals surface area contributed by atoms with E-state index >= 15 is 0 Å². The first-order valence-electron chi connectivity index (χ1n) is 7.96. The molecule has 2 aliphatic rings. The van der Waals surface area contributed by atoms with Gasteiger partial charge in [-0.1, -0.05) is 18.2 Å². The average molecular weight is 367 g/mol. The lowest BCUT2D eigenvalue weighted by atomic mass is 10.1. The van der Waals surface area contributed by atoms with E-state index in [4.69, 9.17) is 24.1 Å². The van der Waals surface area contributed by atoms with Crippen LogP contribution >= 0.6 is 0 Å². The van der Waals surface area contributed by atoms with Crippen LogP contribution in [0.2, 0.25) is 0 Å². The molecule has 2 aliphatic heterocycles. The van der Waals surface area contributed by atoms with Gasteiger partial charge in [-0.3, -0.25) is 0 Å². The molecule has 0 aliphatic carbocycles. The summed E-state index contributed by atoms with van der Waals surface area (Å²) in [5, 5.41) is 8.76. The number of aliphatic carboxylic acids is 1. The molecule has 0 bridgehead atoms. The summed E-state index contributed by atoms with van der Waals surface area (Å²) in [7, 11) is 0. The van der Waals surface area contributed by atoms with Crippen molar-refractivity contribution in [3.05, 3.63) is 59.3 Å². The average Bonchev–Trinajstić information content (AvgIpc) is 3.27. The van der Waals surface area contributed by atoms with E-state index in [0.717, 1.165) is 0 Å². The number of hydrogen-bond donors (Lipinski definition) is 1. The third-order valence-corrected chi connectivity index (χ3v) is 3.80. The third-order valence-electron chi connectivity index (χ3n) is 3.80. The molecule has 8 nitrogen and oxygen atoms in total. The maximum absolute atomic E-state index is 12.2. The van der Waals surface area contributed by atoms with Crippen LogP contribution in [-0.4, -0.2) is 36.3 Å². The van der Waals surface area contributed by atoms with Crippen LogP contribution in [-0.2, 0) is 14.3 Å². The number of aliphatic imine (C=N–C) groups is 1. The summed E-state index contributed by atoms with van der Waals surface area (Å²) >= 11 is 0. The number of hydrogen-bond acceptors (Lipinski definition) is 7. The SMILES string of the molecule is O=C(O)COc1ccccc1C=C1N=C(c2ccc3c(c2)OCO3)OC1=O. The molecule has 0 amide bonds. The summed E-state index contributed by atoms with van der Waals surface area (Å²) in [5.41, 5.74) is 1.17. The van der Waals surface area contributed by atoms with Crippen LogP contribution in [0.1, 0.15) is 11.1 Å². The lowest BCUT2D eigenvalue weighted by molar-refractivity contribution is -0.139. The molecule has 8 heteroatoms. The van der Waals surface area contributed by atoms with Crippen molar-refractivity contribution >= 4 is 23.9 Å². The topological polar surface area (TPSA) is 104 Å². The Labute approximate surface area is 153 Å². The highest BCUT2D eigenvalue weighted by Crippen LogP contribution is 2.33. The van der Waals surface area contributed by atoms with Crippen LogP contribution in [0.3, 0.4) is 0 Å². The van der Waals surface area contributed by atoms with Gasteiger partial charge in [0, 0.05) is 11.1 Å². The number of carbonyl (C=O) groups is 2. The molecule has 0 aromatic heterocycles. The van der Waals surface area contributed by atoms with Gasteiger partial charge in [-0.05, 0) is 30.3 Å². The predicted molar refractivity (Wildman–Crippen MR) is 92.7 cm³/mol. The Morgan fingerprint density at radius 2 is 2.00 bits per heavy atom. The zero-order valence-corrected chi connectivity index (χ0v) is 13.9. The van der Waals surface area contributed by atoms with Gasteiger partial charge in [0.15, 0.2) is 23.8 Å². The minimum absolute atomic E-state index is 0.0778. The first-order chi connectivity index (χ1) is 13.1. The minimum Gasteiger partial charge on any atom is -0.481 e. The second-order valence-corrected chi connectivity index (χ2v) is 5.62. The Balaban J connectivity index is 1.63. The number of carboxylic acids is 1. The molecule has 136 valence electrons. The number of esters is 1. The van der Waals surface area contributed by atoms with Crippen molar-refractivity contribution < 1.29 is 33.6 Å². The normalized spacial score (nSPS) is 16.2. The predicted octanol–water partition coefficient (Wildman–Crippen LogP) is 2.22. The van der Waals surface area contributed by atoms with E-state index in [1.807, 2.05) is 0 Å². The Hall–Kier alpha value is -3.81. The molecule has 0 atom stereocenters. The highest BCUT2D eigenvalue weighted by molar-refractivity contribution is 6.13. The Bertz CT molecular complexity index is 993. The smallest absolute Gasteiger partial charge is 0.363 e. The molecular formula is C19H13NO7. The molecule has 1 N–H and O–H groups in total. The molecule has 0 spiro atoms. The summed E-state index contributed by atoms with van der Waals surface area (Å²) in [6, 6.07) is 11.8. The van der Waals surface area contributed by atoms with Gasteiger partial charge in [-0.15, -0.1) is 0 Å². The summed E-state index contributed by atoms with van der Waals surface area (Å²) < 4.78 is 21.0. The standard InChI is InChI=1S/C19H13NO7/c21-17(22)9-24-14-4-2-1-3-11(14)7-13-19(23)27-18(20-13)12-5-6-15-16(8-12)26-10-25-15/h1-8H,9-10H2,(H,21,22). The summed E-state index contributed by atoms with van der Waals surface area (Å²) in [4.78, 5) is 27.1. The van der Waals surface area contributed by atoms with Crippen molar-refractivity contribution in [1.29, 1.82) is 0 Å². The van der Waals surface area contributed by atoms with Crippen LogP contribution in [0.4, 0.5) is 0 Å². The van der Waals surface area contributed by atoms with Crippen LogP contribution < -0.4 is 14.2 Å². The number of ether oxygens (including phenoxy) is 4. The number of cyclic esters (lactones) is 1. The van der Waals surface area contributed by atoms with Crippen molar-refractivity contribution in [3.8, 4) is 17.2 Å². The summed E-state index contributed by atoms with van der Waals surface area (Å²) in [5.74, 6) is -0.0722. The monoisotopic (exact) mass is 367 g/mol. The quantitative estimate of drug-likeness (QED) is 0.638. The lowest BCUT2D eigenvalue weighted by Crippen LogP contribution is -2.10. The van der Waals surface area contributed by atoms with E-state index in [1.54, 1.807) is 42.5 Å². The first-order valence-corrected chi connectivity index (χ1v) is 7.96. The lowest BCUT2D eigenvalue weighted by Gasteiger charge is -2.06. The van der Waals surface area contributed by atoms with E-state index in [9.17, 15) is 9.59 Å². The van der Waals surface area contributed by atoms with E-state index in [-0.39, 0.29) is 18.4 Å². The Morgan fingerprint density at radius 1 is 1.19 bits per heavy atom. The van der Waals surface area contributed by atoms with Crippen LogP contribution in [0.25, 0.3) is 6.08 Å². The number of para-hydroxylation sites is 1. The third kappa shape index (κ3) is 3.45. The second kappa shape index (κ2) is 6.83. The number of carbonyl (C=O) groups excluding carboxylic acids is 1. The van der Waals surface area contributed by atoms with E-state index in [0.29, 0.717) is 28.4 Å². The fourth-order valence-corrected chi connectivity index (χ4v) is 2.58. The zero-order chi connectivity index (χ0) is 18.8. The van der Waals surface area contributed by atoms with Crippen molar-refractivity contribution in [2.75, 3.05) is 13.4 Å². The highest BCUT2D eigenvalue weighted by Gasteiger charge is 2.26. The van der Waals surface area contributed by atoms with Crippen LogP contribution in [0.5, 0.6) is 17.2 Å². The van der Waals surface area contributed by atoms with Crippen molar-refractivity contribution in [3.63, 3.8) is 0 Å². The van der Waals surface area contributed by atoms with Crippen LogP contribution in [0, 0.1) is 0 Å². The van der Waals surface area contributed by atoms with Gasteiger partial charge in [0.05, 0.1) is 0 Å². The van der Waals surface area contributed by atoms with Gasteiger partial charge in [-0.25, -0.2) is 14.6 Å². The van der Waals surface area contributed by atoms with Gasteiger partial charge < -0.3 is 24.1 Å². The van der Waals surface area contributed by atoms with Crippen LogP contribution in [0.15, 0.2) is 53.2 Å². The number of rotatable bonds is 5. The van der Waals surface area contributed by atoms with Crippen molar-refractivity contribution in [2.45, 2.75) is 0 Å². The molecular weight excluding hydrogens is 354 g/mol. The Kier molecular flexibility index (Phi) is 4.21. The van der Waals surface area contributed by atoms with Crippen molar-refractivity contribution in [1.82, 2.24) is 0 Å². The molecule has 0 unspecified atom stereocenters. The fraction of sp³-hybridized carbons (Fsp3) is 0.105. The highest BCUT2D eigenvalue weighted by atomic mass is 16.7. The van der Waals surface area contributed by atoms with E-state index in [1.165, 1.54) is 6.08 Å². The summed E-state index contributed by atoms with van der Waals surface area (Å²) in [6.07, 6.45) is 1.49. The largest absolute Gasteiger partial charge is 0.481 e. The number of fused-ring (bicyclic) bond motifs is 1. The molecule has 2 aromatic carbocycles. The number of carboxylic acid groups (broad SMARTS) is 1.